The molecule has 9 heteroatoms. The van der Waals surface area contributed by atoms with Crippen LogP contribution in [0.3, 0.4) is 0 Å². The summed E-state index contributed by atoms with van der Waals surface area (Å²) in [6.45, 7) is 9.11. The smallest absolute Gasteiger partial charge is 0.308 e. The summed E-state index contributed by atoms with van der Waals surface area (Å²) in [6.07, 6.45) is 6.16. The Hall–Kier alpha value is -3.01. The molecule has 0 saturated carbocycles. The highest BCUT2D eigenvalue weighted by Crippen LogP contribution is 2.45. The fourth-order valence-electron chi connectivity index (χ4n) is 6.45. The van der Waals surface area contributed by atoms with Gasteiger partial charge in [-0.3, -0.25) is 19.5 Å². The first kappa shape index (κ1) is 28.5. The van der Waals surface area contributed by atoms with Crippen LogP contribution < -0.4 is 9.64 Å². The Labute approximate surface area is 236 Å². The third-order valence-electron chi connectivity index (χ3n) is 8.50. The predicted octanol–water partition coefficient (Wildman–Crippen LogP) is 4.11. The van der Waals surface area contributed by atoms with Crippen molar-refractivity contribution in [1.82, 2.24) is 9.88 Å². The molecule has 1 aromatic carbocycles. The Kier molecular flexibility index (Phi) is 8.73. The van der Waals surface area contributed by atoms with Crippen molar-refractivity contribution in [3.05, 3.63) is 53.9 Å². The molecule has 40 heavy (non-hydrogen) atoms. The van der Waals surface area contributed by atoms with Gasteiger partial charge in [0.15, 0.2) is 6.29 Å². The van der Waals surface area contributed by atoms with Crippen LogP contribution in [0.15, 0.2) is 42.7 Å². The Bertz CT molecular complexity index is 1180. The Morgan fingerprint density at radius 2 is 1.98 bits per heavy atom. The van der Waals surface area contributed by atoms with Crippen LogP contribution in [0.25, 0.3) is 0 Å². The van der Waals surface area contributed by atoms with Gasteiger partial charge in [-0.2, -0.15) is 0 Å². The molecule has 2 fully saturated rings. The fraction of sp³-hybridized carbons (Fsp3) is 0.581. The second-order valence-corrected chi connectivity index (χ2v) is 11.8. The van der Waals surface area contributed by atoms with Crippen LogP contribution in [-0.4, -0.2) is 78.7 Å². The molecule has 3 aliphatic heterocycles. The molecule has 3 atom stereocenters. The number of carboxylic acid groups (broad SMARTS) is 1. The van der Waals surface area contributed by atoms with Crippen LogP contribution in [0.4, 0.5) is 5.69 Å². The summed E-state index contributed by atoms with van der Waals surface area (Å²) in [4.78, 5) is 34.9. The third-order valence-corrected chi connectivity index (χ3v) is 8.50. The number of unbranched alkanes of at least 4 members (excludes halogenated alkanes) is 1. The summed E-state index contributed by atoms with van der Waals surface area (Å²) in [5.74, 6) is -0.969. The van der Waals surface area contributed by atoms with Crippen LogP contribution in [-0.2, 0) is 25.5 Å². The first-order chi connectivity index (χ1) is 19.3. The van der Waals surface area contributed by atoms with Gasteiger partial charge in [0.05, 0.1) is 44.2 Å². The molecule has 0 unspecified atom stereocenters. The van der Waals surface area contributed by atoms with Gasteiger partial charge in [-0.05, 0) is 42.2 Å². The number of ether oxygens (including phenoxy) is 3. The lowest BCUT2D eigenvalue weighted by Crippen LogP contribution is -2.47. The van der Waals surface area contributed by atoms with Crippen LogP contribution in [0.5, 0.6) is 5.75 Å². The van der Waals surface area contributed by atoms with Gasteiger partial charge in [-0.15, -0.1) is 0 Å². The van der Waals surface area contributed by atoms with E-state index in [2.05, 4.69) is 36.7 Å². The molecule has 0 bridgehead atoms. The number of anilines is 1. The summed E-state index contributed by atoms with van der Waals surface area (Å²) in [5, 5.41) is 10.6. The normalized spacial score (nSPS) is 23.2. The minimum absolute atomic E-state index is 0.0511. The number of carbonyl (C=O) groups excluding carboxylic acids is 1. The number of amides is 1. The Morgan fingerprint density at radius 3 is 2.67 bits per heavy atom. The molecule has 5 rings (SSSR count). The third kappa shape index (κ3) is 6.01. The van der Waals surface area contributed by atoms with Gasteiger partial charge < -0.3 is 24.2 Å². The van der Waals surface area contributed by atoms with Crippen molar-refractivity contribution >= 4 is 17.6 Å². The maximum Gasteiger partial charge on any atom is 0.308 e. The molecule has 1 N–H and O–H groups in total. The summed E-state index contributed by atoms with van der Waals surface area (Å²) in [7, 11) is 0. The van der Waals surface area contributed by atoms with E-state index in [1.165, 1.54) is 0 Å². The van der Waals surface area contributed by atoms with Crippen molar-refractivity contribution < 1.29 is 28.9 Å². The van der Waals surface area contributed by atoms with Crippen molar-refractivity contribution in [2.75, 3.05) is 44.4 Å². The molecule has 3 aliphatic rings. The number of fused-ring (bicyclic) bond motifs is 1. The number of likely N-dealkylation sites (tertiary alicyclic amines) is 1. The SMILES string of the molecule is CCCCN(C(=O)CN1C[C@H](c2ccc3c(c2)CCO3)[C@@H](C(=O)O)[C@@H]1CC(C)(C)C1OCCO1)c1cccnc1. The van der Waals surface area contributed by atoms with Crippen molar-refractivity contribution in [2.45, 2.75) is 64.7 Å². The molecule has 1 amide bonds. The molecular formula is C31H41N3O6. The number of aliphatic carboxylic acids is 1. The first-order valence-corrected chi connectivity index (χ1v) is 14.4. The number of aromatic nitrogens is 1. The summed E-state index contributed by atoms with van der Waals surface area (Å²) < 4.78 is 17.4. The monoisotopic (exact) mass is 551 g/mol. The molecule has 2 saturated heterocycles. The Balaban J connectivity index is 1.46. The van der Waals surface area contributed by atoms with Crippen molar-refractivity contribution in [3.63, 3.8) is 0 Å². The van der Waals surface area contributed by atoms with Crippen molar-refractivity contribution in [3.8, 4) is 5.75 Å². The minimum Gasteiger partial charge on any atom is -0.493 e. The average Bonchev–Trinajstić information content (AvgIpc) is 3.70. The lowest BCUT2D eigenvalue weighted by atomic mass is 9.77. The quantitative estimate of drug-likeness (QED) is 0.445. The van der Waals surface area contributed by atoms with E-state index < -0.39 is 23.6 Å². The first-order valence-electron chi connectivity index (χ1n) is 14.4. The van der Waals surface area contributed by atoms with Gasteiger partial charge in [-0.25, -0.2) is 0 Å². The molecule has 216 valence electrons. The average molecular weight is 552 g/mol. The minimum atomic E-state index is -0.846. The van der Waals surface area contributed by atoms with E-state index in [9.17, 15) is 14.7 Å². The molecule has 0 aliphatic carbocycles. The van der Waals surface area contributed by atoms with Crippen molar-refractivity contribution in [1.29, 1.82) is 0 Å². The number of carbonyl (C=O) groups is 2. The van der Waals surface area contributed by atoms with E-state index in [4.69, 9.17) is 14.2 Å². The number of rotatable bonds is 11. The summed E-state index contributed by atoms with van der Waals surface area (Å²) in [5.41, 5.74) is 2.41. The second kappa shape index (κ2) is 12.2. The second-order valence-electron chi connectivity index (χ2n) is 11.8. The molecule has 4 heterocycles. The largest absolute Gasteiger partial charge is 0.493 e. The fourth-order valence-corrected chi connectivity index (χ4v) is 6.45. The zero-order valence-electron chi connectivity index (χ0n) is 23.8. The van der Waals surface area contributed by atoms with Crippen LogP contribution in [0.2, 0.25) is 0 Å². The standard InChI is InChI=1S/C31H41N3O6/c1-4-5-12-34(23-7-6-11-32-18-23)27(35)20-33-19-24(21-8-9-26-22(16-21)10-13-38-26)28(29(36)37)25(33)17-31(2,3)30-39-14-15-40-30/h6-9,11,16,18,24-25,28,30H,4-5,10,12-15,17,19-20H2,1-3H3,(H,36,37)/t24-,25+,28-/m1/s1. The molecule has 0 radical (unpaired) electrons. The molecular weight excluding hydrogens is 510 g/mol. The van der Waals surface area contributed by atoms with E-state index in [0.29, 0.717) is 39.3 Å². The molecule has 0 spiro atoms. The van der Waals surface area contributed by atoms with E-state index >= 15 is 0 Å². The van der Waals surface area contributed by atoms with Gasteiger partial charge in [0.2, 0.25) is 5.91 Å². The molecule has 2 aromatic rings. The molecule has 9 nitrogen and oxygen atoms in total. The highest BCUT2D eigenvalue weighted by atomic mass is 16.7. The van der Waals surface area contributed by atoms with E-state index in [1.807, 2.05) is 24.3 Å². The van der Waals surface area contributed by atoms with Gasteiger partial charge >= 0.3 is 5.97 Å². The van der Waals surface area contributed by atoms with Crippen LogP contribution in [0.1, 0.15) is 57.1 Å². The highest BCUT2D eigenvalue weighted by Gasteiger charge is 2.50. The van der Waals surface area contributed by atoms with Gasteiger partial charge in [0, 0.05) is 43.1 Å². The zero-order valence-corrected chi connectivity index (χ0v) is 23.8. The van der Waals surface area contributed by atoms with E-state index in [-0.39, 0.29) is 24.4 Å². The Morgan fingerprint density at radius 1 is 1.18 bits per heavy atom. The lowest BCUT2D eigenvalue weighted by Gasteiger charge is -2.37. The maximum absolute atomic E-state index is 13.9. The van der Waals surface area contributed by atoms with Gasteiger partial charge in [-0.1, -0.05) is 39.3 Å². The van der Waals surface area contributed by atoms with E-state index in [1.54, 1.807) is 17.3 Å². The number of hydrogen-bond donors (Lipinski definition) is 1. The van der Waals surface area contributed by atoms with Gasteiger partial charge in [0.25, 0.3) is 0 Å². The van der Waals surface area contributed by atoms with E-state index in [0.717, 1.165) is 41.8 Å². The van der Waals surface area contributed by atoms with Crippen molar-refractivity contribution in [2.24, 2.45) is 11.3 Å². The number of benzene rings is 1. The number of pyridine rings is 1. The highest BCUT2D eigenvalue weighted by molar-refractivity contribution is 5.94. The number of nitrogens with zero attached hydrogens (tertiary/aromatic N) is 3. The predicted molar refractivity (Wildman–Crippen MR) is 150 cm³/mol. The molecule has 1 aromatic heterocycles. The summed E-state index contributed by atoms with van der Waals surface area (Å²) in [6, 6.07) is 9.40. The topological polar surface area (TPSA) is 101 Å². The van der Waals surface area contributed by atoms with Crippen LogP contribution >= 0.6 is 0 Å². The zero-order chi connectivity index (χ0) is 28.3. The maximum atomic E-state index is 13.9. The van der Waals surface area contributed by atoms with Gasteiger partial charge in [0.1, 0.15) is 5.75 Å². The summed E-state index contributed by atoms with van der Waals surface area (Å²) >= 11 is 0. The number of carboxylic acids is 1. The lowest BCUT2D eigenvalue weighted by molar-refractivity contribution is -0.147. The number of hydrogen-bond acceptors (Lipinski definition) is 7. The van der Waals surface area contributed by atoms with Crippen LogP contribution in [0, 0.1) is 11.3 Å².